The van der Waals surface area contributed by atoms with Crippen LogP contribution in [0.2, 0.25) is 0 Å². The molecule has 16 nitrogen and oxygen atoms in total. The first-order valence-corrected chi connectivity index (χ1v) is 9.67. The Bertz CT molecular complexity index is 759. The average Bonchev–Trinajstić information content (AvgIpc) is 2.70. The van der Waals surface area contributed by atoms with Crippen LogP contribution in [0.1, 0.15) is 26.2 Å². The first-order chi connectivity index (χ1) is 15.4. The van der Waals surface area contributed by atoms with Crippen LogP contribution in [0.3, 0.4) is 0 Å². The molecular formula is C17H29N7O9. The summed E-state index contributed by atoms with van der Waals surface area (Å²) in [4.78, 5) is 80.7. The molecule has 3 atom stereocenters. The van der Waals surface area contributed by atoms with E-state index in [1.807, 2.05) is 5.32 Å². The number of aliphatic hydroxyl groups is 1. The van der Waals surface area contributed by atoms with E-state index in [1.54, 1.807) is 0 Å². The van der Waals surface area contributed by atoms with Gasteiger partial charge in [0.25, 0.3) is 0 Å². The number of primary amides is 2. The number of carboxylic acid groups (broad SMARTS) is 1. The van der Waals surface area contributed by atoms with Gasteiger partial charge in [-0.2, -0.15) is 0 Å². The molecule has 0 rings (SSSR count). The van der Waals surface area contributed by atoms with Crippen molar-refractivity contribution in [2.45, 2.75) is 44.3 Å². The van der Waals surface area contributed by atoms with E-state index in [-0.39, 0.29) is 19.4 Å². The number of carbonyl (C=O) groups is 7. The highest BCUT2D eigenvalue weighted by Crippen LogP contribution is 1.98. The molecule has 11 N–H and O–H groups in total. The van der Waals surface area contributed by atoms with Gasteiger partial charge in [-0.05, 0) is 12.8 Å². The van der Waals surface area contributed by atoms with Crippen molar-refractivity contribution in [2.75, 3.05) is 19.7 Å². The second-order valence-electron chi connectivity index (χ2n) is 6.77. The van der Waals surface area contributed by atoms with Crippen molar-refractivity contribution >= 4 is 41.5 Å². The van der Waals surface area contributed by atoms with Crippen LogP contribution >= 0.6 is 0 Å². The molecule has 0 radical (unpaired) electrons. The van der Waals surface area contributed by atoms with E-state index >= 15 is 0 Å². The number of hydrogen-bond acceptors (Lipinski definition) is 8. The second kappa shape index (κ2) is 15.0. The van der Waals surface area contributed by atoms with Crippen LogP contribution in [0.5, 0.6) is 0 Å². The monoisotopic (exact) mass is 475 g/mol. The van der Waals surface area contributed by atoms with Crippen molar-refractivity contribution in [2.24, 2.45) is 11.5 Å². The van der Waals surface area contributed by atoms with E-state index in [2.05, 4.69) is 21.3 Å². The van der Waals surface area contributed by atoms with Crippen molar-refractivity contribution in [1.29, 1.82) is 0 Å². The molecule has 0 aromatic rings. The van der Waals surface area contributed by atoms with Gasteiger partial charge in [0.1, 0.15) is 18.1 Å². The number of carbonyl (C=O) groups excluding carboxylic acids is 6. The lowest BCUT2D eigenvalue weighted by atomic mass is 10.1. The third kappa shape index (κ3) is 13.1. The minimum absolute atomic E-state index is 0.104. The van der Waals surface area contributed by atoms with Crippen LogP contribution in [0.15, 0.2) is 0 Å². The maximum absolute atomic E-state index is 12.3. The van der Waals surface area contributed by atoms with Gasteiger partial charge >= 0.3 is 12.0 Å². The number of nitrogens with two attached hydrogens (primary N) is 2. The fourth-order valence-electron chi connectivity index (χ4n) is 2.43. The summed E-state index contributed by atoms with van der Waals surface area (Å²) in [5.41, 5.74) is 9.91. The highest BCUT2D eigenvalue weighted by molar-refractivity contribution is 5.95. The lowest BCUT2D eigenvalue weighted by Gasteiger charge is -2.21. The number of aliphatic carboxylic acids is 1. The fraction of sp³-hybridized carbons (Fsp3) is 0.588. The standard InChI is InChI=1S/C17H29N7O9/c1-8(26)22-9(3-2-4-20-17(19)33)15(31)21-6-12(27)23-10(5-13(28)29)16(32)24-11(7-25)14(18)30/h9-11,25H,2-7H2,1H3,(H2,18,30)(H,21,31)(H,22,26)(H,23,27)(H,24,32)(H,28,29)(H3,19,20,33)/t9-,10-,11-/m0/s1. The number of aliphatic hydroxyl groups excluding tert-OH is 1. The molecule has 0 heterocycles. The summed E-state index contributed by atoms with van der Waals surface area (Å²) in [6, 6.07) is -4.92. The molecule has 0 saturated heterocycles. The maximum Gasteiger partial charge on any atom is 0.312 e. The van der Waals surface area contributed by atoms with E-state index < -0.39 is 79.2 Å². The molecule has 0 aliphatic heterocycles. The van der Waals surface area contributed by atoms with Gasteiger partial charge in [0.05, 0.1) is 19.6 Å². The quantitative estimate of drug-likeness (QED) is 0.102. The van der Waals surface area contributed by atoms with Crippen molar-refractivity contribution < 1.29 is 43.8 Å². The molecule has 0 aromatic carbocycles. The van der Waals surface area contributed by atoms with Crippen LogP contribution in [0, 0.1) is 0 Å². The topological polar surface area (TPSA) is 272 Å². The van der Waals surface area contributed by atoms with Crippen molar-refractivity contribution in [3.63, 3.8) is 0 Å². The summed E-state index contributed by atoms with van der Waals surface area (Å²) in [5, 5.41) is 29.0. The summed E-state index contributed by atoms with van der Waals surface area (Å²) in [7, 11) is 0. The minimum Gasteiger partial charge on any atom is -0.481 e. The van der Waals surface area contributed by atoms with E-state index in [9.17, 15) is 33.6 Å². The third-order valence-corrected chi connectivity index (χ3v) is 3.96. The lowest BCUT2D eigenvalue weighted by Crippen LogP contribution is -2.56. The van der Waals surface area contributed by atoms with Gasteiger partial charge in [-0.1, -0.05) is 0 Å². The predicted molar refractivity (Wildman–Crippen MR) is 110 cm³/mol. The summed E-state index contributed by atoms with van der Waals surface area (Å²) in [6.45, 7) is -0.192. The number of urea groups is 1. The molecular weight excluding hydrogens is 446 g/mol. The van der Waals surface area contributed by atoms with Gasteiger partial charge in [-0.25, -0.2) is 4.79 Å². The first kappa shape index (κ1) is 29.0. The molecule has 7 amide bonds. The Hall–Kier alpha value is -3.95. The maximum atomic E-state index is 12.3. The van der Waals surface area contributed by atoms with E-state index in [0.717, 1.165) is 0 Å². The predicted octanol–water partition coefficient (Wildman–Crippen LogP) is -5.02. The Morgan fingerprint density at radius 2 is 1.48 bits per heavy atom. The van der Waals surface area contributed by atoms with Gasteiger partial charge in [0.15, 0.2) is 0 Å². The highest BCUT2D eigenvalue weighted by Gasteiger charge is 2.28. The third-order valence-electron chi connectivity index (χ3n) is 3.96. The largest absolute Gasteiger partial charge is 0.481 e. The number of carboxylic acids is 1. The van der Waals surface area contributed by atoms with Crippen molar-refractivity contribution in [3.8, 4) is 0 Å². The van der Waals surface area contributed by atoms with E-state index in [1.165, 1.54) is 6.92 Å². The molecule has 0 aliphatic carbocycles. The fourth-order valence-corrected chi connectivity index (χ4v) is 2.43. The Kier molecular flexibility index (Phi) is 13.2. The van der Waals surface area contributed by atoms with Crippen molar-refractivity contribution in [1.82, 2.24) is 26.6 Å². The summed E-state index contributed by atoms with van der Waals surface area (Å²) in [6.07, 6.45) is -0.475. The summed E-state index contributed by atoms with van der Waals surface area (Å²) in [5.74, 6) is -5.82. The Morgan fingerprint density at radius 1 is 0.848 bits per heavy atom. The first-order valence-electron chi connectivity index (χ1n) is 9.67. The average molecular weight is 475 g/mol. The molecule has 0 bridgehead atoms. The number of hydrogen-bond donors (Lipinski definition) is 9. The normalized spacial score (nSPS) is 12.9. The molecule has 0 spiro atoms. The molecule has 16 heteroatoms. The number of nitrogens with one attached hydrogen (secondary N) is 5. The van der Waals surface area contributed by atoms with Gasteiger partial charge in [-0.3, -0.25) is 28.8 Å². The number of rotatable bonds is 15. The zero-order valence-corrected chi connectivity index (χ0v) is 17.9. The highest BCUT2D eigenvalue weighted by atomic mass is 16.4. The molecule has 0 aromatic heterocycles. The zero-order chi connectivity index (χ0) is 25.6. The van der Waals surface area contributed by atoms with Crippen molar-refractivity contribution in [3.05, 3.63) is 0 Å². The Morgan fingerprint density at radius 3 is 1.97 bits per heavy atom. The Labute approximate surface area is 188 Å². The molecule has 186 valence electrons. The second-order valence-corrected chi connectivity index (χ2v) is 6.77. The van der Waals surface area contributed by atoms with Crippen LogP contribution in [-0.4, -0.2) is 89.6 Å². The van der Waals surface area contributed by atoms with Gasteiger partial charge < -0.3 is 48.3 Å². The minimum atomic E-state index is -1.63. The van der Waals surface area contributed by atoms with Gasteiger partial charge in [0, 0.05) is 13.5 Å². The van der Waals surface area contributed by atoms with Crippen LogP contribution in [0.4, 0.5) is 4.79 Å². The molecule has 0 saturated carbocycles. The Balaban J connectivity index is 4.93. The molecule has 33 heavy (non-hydrogen) atoms. The van der Waals surface area contributed by atoms with Crippen LogP contribution in [-0.2, 0) is 28.8 Å². The lowest BCUT2D eigenvalue weighted by molar-refractivity contribution is -0.141. The number of amides is 7. The zero-order valence-electron chi connectivity index (χ0n) is 17.9. The van der Waals surface area contributed by atoms with Crippen LogP contribution in [0.25, 0.3) is 0 Å². The molecule has 0 unspecified atom stereocenters. The van der Waals surface area contributed by atoms with E-state index in [0.29, 0.717) is 0 Å². The molecule has 0 aliphatic rings. The van der Waals surface area contributed by atoms with E-state index in [4.69, 9.17) is 21.7 Å². The SMILES string of the molecule is CC(=O)N[C@@H](CCCNC(N)=O)C(=O)NCC(=O)N[C@@H](CC(=O)O)C(=O)N[C@@H](CO)C(N)=O. The summed E-state index contributed by atoms with van der Waals surface area (Å²) >= 11 is 0. The molecule has 0 fully saturated rings. The van der Waals surface area contributed by atoms with Gasteiger partial charge in [0.2, 0.25) is 29.5 Å². The summed E-state index contributed by atoms with van der Waals surface area (Å²) < 4.78 is 0. The van der Waals surface area contributed by atoms with Gasteiger partial charge in [-0.15, -0.1) is 0 Å². The smallest absolute Gasteiger partial charge is 0.312 e. The van der Waals surface area contributed by atoms with Crippen LogP contribution < -0.4 is 38.1 Å².